The topological polar surface area (TPSA) is 54.9 Å². The normalized spacial score (nSPS) is 15.7. The molecule has 1 unspecified atom stereocenters. The molecule has 0 saturated heterocycles. The van der Waals surface area contributed by atoms with Crippen molar-refractivity contribution in [3.05, 3.63) is 23.3 Å². The largest absolute Gasteiger partial charge is 0.494 e. The SMILES string of the molecule is CCNC(=NCc1cc2c(cc1OCC)CC(C)O2)NCC. The Labute approximate surface area is 133 Å². The molecule has 0 aliphatic carbocycles. The lowest BCUT2D eigenvalue weighted by atomic mass is 10.1. The number of nitrogens with one attached hydrogen (secondary N) is 2. The predicted octanol–water partition coefficient (Wildman–Crippen LogP) is 2.48. The fourth-order valence-electron chi connectivity index (χ4n) is 2.57. The summed E-state index contributed by atoms with van der Waals surface area (Å²) in [6.07, 6.45) is 1.18. The van der Waals surface area contributed by atoms with E-state index in [1.807, 2.05) is 6.92 Å². The van der Waals surface area contributed by atoms with Crippen LogP contribution in [0.1, 0.15) is 38.8 Å². The molecule has 0 spiro atoms. The first kappa shape index (κ1) is 16.5. The zero-order valence-electron chi connectivity index (χ0n) is 14.0. The van der Waals surface area contributed by atoms with Crippen molar-refractivity contribution in [1.29, 1.82) is 0 Å². The Kier molecular flexibility index (Phi) is 5.92. The number of nitrogens with zero attached hydrogens (tertiary/aromatic N) is 1. The maximum Gasteiger partial charge on any atom is 0.191 e. The van der Waals surface area contributed by atoms with Gasteiger partial charge in [-0.25, -0.2) is 4.99 Å². The number of guanidine groups is 1. The van der Waals surface area contributed by atoms with E-state index in [9.17, 15) is 0 Å². The second kappa shape index (κ2) is 7.92. The Morgan fingerprint density at radius 3 is 2.64 bits per heavy atom. The number of aliphatic imine (C=N–C) groups is 1. The molecule has 1 atom stereocenters. The smallest absolute Gasteiger partial charge is 0.191 e. The molecule has 0 fully saturated rings. The van der Waals surface area contributed by atoms with E-state index in [1.165, 1.54) is 5.56 Å². The van der Waals surface area contributed by atoms with Crippen molar-refractivity contribution >= 4 is 5.96 Å². The number of ether oxygens (including phenoxy) is 2. The first-order chi connectivity index (χ1) is 10.7. The van der Waals surface area contributed by atoms with Crippen molar-refractivity contribution in [2.24, 2.45) is 4.99 Å². The van der Waals surface area contributed by atoms with Gasteiger partial charge in [0.15, 0.2) is 5.96 Å². The molecule has 122 valence electrons. The van der Waals surface area contributed by atoms with E-state index in [0.29, 0.717) is 13.2 Å². The number of benzene rings is 1. The summed E-state index contributed by atoms with van der Waals surface area (Å²) >= 11 is 0. The van der Waals surface area contributed by atoms with Gasteiger partial charge in [0.2, 0.25) is 0 Å². The van der Waals surface area contributed by atoms with Crippen molar-refractivity contribution in [1.82, 2.24) is 10.6 Å². The van der Waals surface area contributed by atoms with E-state index in [-0.39, 0.29) is 6.10 Å². The maximum absolute atomic E-state index is 5.85. The molecule has 2 rings (SSSR count). The van der Waals surface area contributed by atoms with E-state index in [1.54, 1.807) is 0 Å². The van der Waals surface area contributed by atoms with Crippen LogP contribution < -0.4 is 20.1 Å². The molecule has 5 nitrogen and oxygen atoms in total. The van der Waals surface area contributed by atoms with Gasteiger partial charge >= 0.3 is 0 Å². The fourth-order valence-corrected chi connectivity index (χ4v) is 2.57. The van der Waals surface area contributed by atoms with E-state index in [4.69, 9.17) is 9.47 Å². The Hall–Kier alpha value is -1.91. The third-order valence-corrected chi connectivity index (χ3v) is 3.47. The molecule has 22 heavy (non-hydrogen) atoms. The molecule has 1 aromatic carbocycles. The van der Waals surface area contributed by atoms with Crippen LogP contribution in [0.5, 0.6) is 11.5 Å². The Balaban J connectivity index is 2.21. The van der Waals surface area contributed by atoms with E-state index in [2.05, 4.69) is 48.5 Å². The summed E-state index contributed by atoms with van der Waals surface area (Å²) in [4.78, 5) is 4.62. The fraction of sp³-hybridized carbons (Fsp3) is 0.588. The number of hydrogen-bond donors (Lipinski definition) is 2. The first-order valence-electron chi connectivity index (χ1n) is 8.15. The molecule has 2 N–H and O–H groups in total. The van der Waals surface area contributed by atoms with Crippen LogP contribution in [0.15, 0.2) is 17.1 Å². The van der Waals surface area contributed by atoms with E-state index < -0.39 is 0 Å². The zero-order valence-corrected chi connectivity index (χ0v) is 14.0. The highest BCUT2D eigenvalue weighted by Gasteiger charge is 2.21. The van der Waals surface area contributed by atoms with Gasteiger partial charge in [0.1, 0.15) is 17.6 Å². The molecule has 1 heterocycles. The number of hydrogen-bond acceptors (Lipinski definition) is 3. The van der Waals surface area contributed by atoms with Crippen molar-refractivity contribution in [3.63, 3.8) is 0 Å². The number of rotatable bonds is 6. The second-order valence-electron chi connectivity index (χ2n) is 5.36. The van der Waals surface area contributed by atoms with Crippen LogP contribution in [0.3, 0.4) is 0 Å². The standard InChI is InChI=1S/C17H27N3O2/c1-5-18-17(19-6-2)20-11-14-10-16-13(8-12(4)22-16)9-15(14)21-7-3/h9-10,12H,5-8,11H2,1-4H3,(H2,18,19,20). The summed E-state index contributed by atoms with van der Waals surface area (Å²) < 4.78 is 11.6. The summed E-state index contributed by atoms with van der Waals surface area (Å²) in [5.41, 5.74) is 2.28. The van der Waals surface area contributed by atoms with Crippen LogP contribution in [-0.2, 0) is 13.0 Å². The summed E-state index contributed by atoms with van der Waals surface area (Å²) in [5.74, 6) is 2.70. The monoisotopic (exact) mass is 305 g/mol. The van der Waals surface area contributed by atoms with Crippen LogP contribution in [-0.4, -0.2) is 31.8 Å². The van der Waals surface area contributed by atoms with Gasteiger partial charge in [0, 0.05) is 30.6 Å². The Morgan fingerprint density at radius 1 is 1.27 bits per heavy atom. The van der Waals surface area contributed by atoms with Gasteiger partial charge in [0.25, 0.3) is 0 Å². The van der Waals surface area contributed by atoms with Gasteiger partial charge < -0.3 is 20.1 Å². The predicted molar refractivity (Wildman–Crippen MR) is 89.9 cm³/mol. The molecule has 0 amide bonds. The molecule has 0 bridgehead atoms. The van der Waals surface area contributed by atoms with Gasteiger partial charge in [-0.1, -0.05) is 0 Å². The van der Waals surface area contributed by atoms with Gasteiger partial charge in [-0.2, -0.15) is 0 Å². The molecule has 1 aromatic rings. The molecule has 0 radical (unpaired) electrons. The minimum Gasteiger partial charge on any atom is -0.494 e. The lowest BCUT2D eigenvalue weighted by Crippen LogP contribution is -2.36. The first-order valence-corrected chi connectivity index (χ1v) is 8.15. The molecule has 5 heteroatoms. The molecular formula is C17H27N3O2. The van der Waals surface area contributed by atoms with Gasteiger partial charge in [-0.3, -0.25) is 0 Å². The van der Waals surface area contributed by atoms with Crippen LogP contribution in [0.2, 0.25) is 0 Å². The molecular weight excluding hydrogens is 278 g/mol. The van der Waals surface area contributed by atoms with Crippen LogP contribution in [0.4, 0.5) is 0 Å². The van der Waals surface area contributed by atoms with Gasteiger partial charge in [0.05, 0.1) is 13.2 Å². The third kappa shape index (κ3) is 4.06. The molecule has 1 aliphatic heterocycles. The van der Waals surface area contributed by atoms with Crippen LogP contribution >= 0.6 is 0 Å². The Bertz CT molecular complexity index is 521. The lowest BCUT2D eigenvalue weighted by Gasteiger charge is -2.13. The quantitative estimate of drug-likeness (QED) is 0.626. The van der Waals surface area contributed by atoms with Crippen LogP contribution in [0.25, 0.3) is 0 Å². The number of fused-ring (bicyclic) bond motifs is 1. The van der Waals surface area contributed by atoms with Crippen molar-refractivity contribution in [2.75, 3.05) is 19.7 Å². The van der Waals surface area contributed by atoms with Gasteiger partial charge in [-0.05, 0) is 39.8 Å². The summed E-state index contributed by atoms with van der Waals surface area (Å²) in [6, 6.07) is 4.18. The van der Waals surface area contributed by atoms with Crippen molar-refractivity contribution < 1.29 is 9.47 Å². The molecule has 1 aliphatic rings. The second-order valence-corrected chi connectivity index (χ2v) is 5.36. The highest BCUT2D eigenvalue weighted by atomic mass is 16.5. The third-order valence-electron chi connectivity index (χ3n) is 3.47. The van der Waals surface area contributed by atoms with Gasteiger partial charge in [-0.15, -0.1) is 0 Å². The summed E-state index contributed by atoms with van der Waals surface area (Å²) in [6.45, 7) is 11.1. The average Bonchev–Trinajstić information content (AvgIpc) is 2.84. The lowest BCUT2D eigenvalue weighted by molar-refractivity contribution is 0.254. The van der Waals surface area contributed by atoms with E-state index in [0.717, 1.165) is 42.5 Å². The summed E-state index contributed by atoms with van der Waals surface area (Å²) in [5, 5.41) is 6.46. The molecule has 0 aromatic heterocycles. The minimum absolute atomic E-state index is 0.238. The Morgan fingerprint density at radius 2 is 2.00 bits per heavy atom. The molecule has 0 saturated carbocycles. The van der Waals surface area contributed by atoms with Crippen LogP contribution in [0, 0.1) is 0 Å². The van der Waals surface area contributed by atoms with Crippen molar-refractivity contribution in [2.45, 2.75) is 46.8 Å². The average molecular weight is 305 g/mol. The highest BCUT2D eigenvalue weighted by Crippen LogP contribution is 2.35. The zero-order chi connectivity index (χ0) is 15.9. The minimum atomic E-state index is 0.238. The van der Waals surface area contributed by atoms with E-state index >= 15 is 0 Å². The maximum atomic E-state index is 5.85. The summed E-state index contributed by atoms with van der Waals surface area (Å²) in [7, 11) is 0. The van der Waals surface area contributed by atoms with Crippen molar-refractivity contribution in [3.8, 4) is 11.5 Å². The highest BCUT2D eigenvalue weighted by molar-refractivity contribution is 5.79.